The molecule has 6 atom stereocenters. The molecule has 1 saturated carbocycles. The van der Waals surface area contributed by atoms with Crippen LogP contribution >= 0.6 is 0 Å². The number of esters is 4. The summed E-state index contributed by atoms with van der Waals surface area (Å²) in [6.07, 6.45) is 1.73. The van der Waals surface area contributed by atoms with Crippen molar-refractivity contribution >= 4 is 29.7 Å². The molecule has 0 heterocycles. The molecule has 0 aliphatic heterocycles. The largest absolute Gasteiger partial charge is 0.462 e. The number of hydrogen-bond donors (Lipinski definition) is 0. The van der Waals surface area contributed by atoms with Crippen molar-refractivity contribution in [2.75, 3.05) is 0 Å². The summed E-state index contributed by atoms with van der Waals surface area (Å²) in [6, 6.07) is 8.51. The van der Waals surface area contributed by atoms with Crippen LogP contribution < -0.4 is 0 Å². The van der Waals surface area contributed by atoms with Crippen LogP contribution in [0.4, 0.5) is 0 Å². The molecule has 0 N–H and O–H groups in total. The predicted molar refractivity (Wildman–Crippen MR) is 154 cm³/mol. The molecule has 42 heavy (non-hydrogen) atoms. The number of rotatable bonds is 5. The van der Waals surface area contributed by atoms with E-state index in [-0.39, 0.29) is 18.8 Å². The van der Waals surface area contributed by atoms with E-state index in [2.05, 4.69) is 0 Å². The number of ketones is 1. The van der Waals surface area contributed by atoms with Crippen LogP contribution in [0.5, 0.6) is 0 Å². The van der Waals surface area contributed by atoms with Gasteiger partial charge in [0.1, 0.15) is 18.3 Å². The van der Waals surface area contributed by atoms with Crippen LogP contribution in [0, 0.1) is 17.3 Å². The lowest BCUT2D eigenvalue weighted by atomic mass is 9.76. The molecular weight excluding hydrogens is 540 g/mol. The fraction of sp³-hybridized carbons (Fsp3) is 0.545. The molecule has 228 valence electrons. The zero-order chi connectivity index (χ0) is 31.4. The molecule has 9 heteroatoms. The van der Waals surface area contributed by atoms with Crippen LogP contribution in [-0.2, 0) is 38.1 Å². The Balaban J connectivity index is 2.25. The number of allylic oxidation sites excluding steroid dienone is 1. The van der Waals surface area contributed by atoms with Gasteiger partial charge in [-0.1, -0.05) is 51.1 Å². The first-order chi connectivity index (χ1) is 19.6. The zero-order valence-corrected chi connectivity index (χ0v) is 25.7. The van der Waals surface area contributed by atoms with Crippen molar-refractivity contribution < 1.29 is 42.9 Å². The van der Waals surface area contributed by atoms with E-state index in [0.29, 0.717) is 23.1 Å². The summed E-state index contributed by atoms with van der Waals surface area (Å²) in [5.41, 5.74) is -1.04. The Morgan fingerprint density at radius 1 is 0.881 bits per heavy atom. The third kappa shape index (κ3) is 7.36. The van der Waals surface area contributed by atoms with Gasteiger partial charge in [0.25, 0.3) is 0 Å². The highest BCUT2D eigenvalue weighted by Gasteiger charge is 2.60. The Kier molecular flexibility index (Phi) is 10.2. The molecule has 0 amide bonds. The van der Waals surface area contributed by atoms with Crippen molar-refractivity contribution in [1.29, 1.82) is 0 Å². The van der Waals surface area contributed by atoms with Gasteiger partial charge >= 0.3 is 23.9 Å². The summed E-state index contributed by atoms with van der Waals surface area (Å²) in [7, 11) is 0. The van der Waals surface area contributed by atoms with E-state index in [1.165, 1.54) is 20.8 Å². The quantitative estimate of drug-likeness (QED) is 0.258. The predicted octanol–water partition coefficient (Wildman–Crippen LogP) is 5.32. The molecule has 1 aromatic rings. The summed E-state index contributed by atoms with van der Waals surface area (Å²) >= 11 is 0. The highest BCUT2D eigenvalue weighted by atomic mass is 16.6. The minimum Gasteiger partial charge on any atom is -0.462 e. The maximum Gasteiger partial charge on any atom is 0.338 e. The molecule has 0 aromatic heterocycles. The summed E-state index contributed by atoms with van der Waals surface area (Å²) in [5.74, 6) is -3.84. The molecular formula is C33H42O9. The second kappa shape index (κ2) is 13.0. The number of carbonyl (C=O) groups is 5. The highest BCUT2D eigenvalue weighted by Crippen LogP contribution is 2.48. The van der Waals surface area contributed by atoms with Gasteiger partial charge in [-0.3, -0.25) is 19.2 Å². The monoisotopic (exact) mass is 582 g/mol. The molecule has 3 rings (SSSR count). The third-order valence-corrected chi connectivity index (χ3v) is 8.20. The van der Waals surface area contributed by atoms with Crippen LogP contribution in [0.15, 0.2) is 53.6 Å². The van der Waals surface area contributed by atoms with Crippen LogP contribution in [0.1, 0.15) is 85.0 Å². The summed E-state index contributed by atoms with van der Waals surface area (Å²) in [4.78, 5) is 64.3. The average Bonchev–Trinajstić information content (AvgIpc) is 3.15. The van der Waals surface area contributed by atoms with E-state index in [1.54, 1.807) is 56.3 Å². The topological polar surface area (TPSA) is 122 Å². The van der Waals surface area contributed by atoms with Gasteiger partial charge in [-0.05, 0) is 49.5 Å². The van der Waals surface area contributed by atoms with Crippen molar-refractivity contribution in [3.05, 3.63) is 59.2 Å². The molecule has 0 bridgehead atoms. The van der Waals surface area contributed by atoms with Gasteiger partial charge < -0.3 is 18.9 Å². The number of carbonyl (C=O) groups excluding carboxylic acids is 5. The SMILES string of the molecule is CC(=O)O[C@@H]1[C@H](C)C[C@]2(OC(C)=O)C(=O)/C(C)=C\CC(C)(C)[C@H](OC(C)=O)C[C@@H](OC(=O)c3ccccc3)/C(C)=C\[C@@H]12. The van der Waals surface area contributed by atoms with Gasteiger partial charge in [0.2, 0.25) is 5.78 Å². The average molecular weight is 583 g/mol. The first-order valence-electron chi connectivity index (χ1n) is 14.3. The first kappa shape index (κ1) is 32.8. The number of Topliss-reactive ketones (excluding diaryl/α,β-unsaturated/α-hetero) is 1. The molecule has 1 aromatic carbocycles. The molecule has 1 fully saturated rings. The Morgan fingerprint density at radius 2 is 1.50 bits per heavy atom. The lowest BCUT2D eigenvalue weighted by Gasteiger charge is -2.38. The van der Waals surface area contributed by atoms with Gasteiger partial charge in [-0.2, -0.15) is 0 Å². The normalized spacial score (nSPS) is 31.9. The van der Waals surface area contributed by atoms with Gasteiger partial charge in [0.05, 0.1) is 11.5 Å². The molecule has 0 radical (unpaired) electrons. The molecule has 0 unspecified atom stereocenters. The summed E-state index contributed by atoms with van der Waals surface area (Å²) in [5, 5.41) is 0. The van der Waals surface area contributed by atoms with E-state index < -0.39 is 64.9 Å². The first-order valence-corrected chi connectivity index (χ1v) is 14.3. The maximum absolute atomic E-state index is 14.2. The third-order valence-electron chi connectivity index (χ3n) is 8.20. The van der Waals surface area contributed by atoms with E-state index in [0.717, 1.165) is 0 Å². The van der Waals surface area contributed by atoms with Gasteiger partial charge in [-0.15, -0.1) is 0 Å². The zero-order valence-electron chi connectivity index (χ0n) is 25.7. The van der Waals surface area contributed by atoms with Gasteiger partial charge in [-0.25, -0.2) is 4.79 Å². The lowest BCUT2D eigenvalue weighted by molar-refractivity contribution is -0.169. The minimum atomic E-state index is -1.64. The van der Waals surface area contributed by atoms with E-state index in [9.17, 15) is 24.0 Å². The number of ether oxygens (including phenoxy) is 4. The van der Waals surface area contributed by atoms with Crippen molar-refractivity contribution in [2.45, 2.75) is 98.6 Å². The molecule has 9 nitrogen and oxygen atoms in total. The fourth-order valence-corrected chi connectivity index (χ4v) is 6.00. The molecule has 0 spiro atoms. The second-order valence-corrected chi connectivity index (χ2v) is 12.2. The number of hydrogen-bond acceptors (Lipinski definition) is 9. The second-order valence-electron chi connectivity index (χ2n) is 12.2. The molecule has 2 aliphatic rings. The van der Waals surface area contributed by atoms with E-state index in [1.807, 2.05) is 20.8 Å². The Morgan fingerprint density at radius 3 is 2.07 bits per heavy atom. The Bertz CT molecular complexity index is 1280. The number of fused-ring (bicyclic) bond motifs is 1. The van der Waals surface area contributed by atoms with Crippen LogP contribution in [0.25, 0.3) is 0 Å². The van der Waals surface area contributed by atoms with Crippen molar-refractivity contribution in [3.8, 4) is 0 Å². The van der Waals surface area contributed by atoms with E-state index >= 15 is 0 Å². The summed E-state index contributed by atoms with van der Waals surface area (Å²) in [6.45, 7) is 12.9. The van der Waals surface area contributed by atoms with Crippen LogP contribution in [0.2, 0.25) is 0 Å². The number of benzene rings is 1. The molecule has 2 aliphatic carbocycles. The lowest BCUT2D eigenvalue weighted by Crippen LogP contribution is -2.49. The molecule has 0 saturated heterocycles. The fourth-order valence-electron chi connectivity index (χ4n) is 6.00. The van der Waals surface area contributed by atoms with Crippen LogP contribution in [-0.4, -0.2) is 53.6 Å². The van der Waals surface area contributed by atoms with E-state index in [4.69, 9.17) is 18.9 Å². The summed E-state index contributed by atoms with van der Waals surface area (Å²) < 4.78 is 23.4. The van der Waals surface area contributed by atoms with Crippen molar-refractivity contribution in [3.63, 3.8) is 0 Å². The Labute approximate surface area is 247 Å². The standard InChI is InChI=1S/C33H42O9/c1-19-14-15-32(7,8)28(39-22(4)34)17-27(41-31(38)25-12-10-9-11-13-25)20(2)16-26-29(40-23(5)35)21(3)18-33(26,30(19)37)42-24(6)36/h9-14,16,21,26-29H,15,17-18H2,1-8H3/b19-14-,20-16-/t21-,26+,27-,28-,29-,33-/m1/s1. The van der Waals surface area contributed by atoms with Crippen molar-refractivity contribution in [2.24, 2.45) is 17.3 Å². The Hall–Kier alpha value is -3.75. The smallest absolute Gasteiger partial charge is 0.338 e. The van der Waals surface area contributed by atoms with Crippen LogP contribution in [0.3, 0.4) is 0 Å². The van der Waals surface area contributed by atoms with Crippen molar-refractivity contribution in [1.82, 2.24) is 0 Å². The highest BCUT2D eigenvalue weighted by molar-refractivity contribution is 6.03. The van der Waals surface area contributed by atoms with Gasteiger partial charge in [0.15, 0.2) is 5.60 Å². The maximum atomic E-state index is 14.2. The minimum absolute atomic E-state index is 0.134. The van der Waals surface area contributed by atoms with Gasteiger partial charge in [0, 0.05) is 39.0 Å².